The fraction of sp³-hybridized carbons (Fsp3) is 0.154. The van der Waals surface area contributed by atoms with Gasteiger partial charge in [0.15, 0.2) is 0 Å². The van der Waals surface area contributed by atoms with Crippen molar-refractivity contribution in [3.8, 4) is 5.69 Å². The zero-order valence-corrected chi connectivity index (χ0v) is 11.0. The molecule has 0 aliphatic carbocycles. The summed E-state index contributed by atoms with van der Waals surface area (Å²) in [5.74, 6) is 0. The molecular formula is C13H12ClF3N2O. The number of aromatic nitrogens is 1. The fourth-order valence-electron chi connectivity index (χ4n) is 1.66. The molecule has 0 saturated carbocycles. The molecule has 0 radical (unpaired) electrons. The number of benzene rings is 1. The zero-order valence-electron chi connectivity index (χ0n) is 10.2. The molecular weight excluding hydrogens is 293 g/mol. The molecule has 0 unspecified atom stereocenters. The van der Waals surface area contributed by atoms with Crippen molar-refractivity contribution >= 4 is 12.4 Å². The monoisotopic (exact) mass is 304 g/mol. The molecule has 0 saturated heterocycles. The molecule has 0 aliphatic rings. The van der Waals surface area contributed by atoms with Crippen LogP contribution < -0.4 is 11.3 Å². The molecule has 0 amide bonds. The number of halogens is 4. The molecule has 0 atom stereocenters. The maximum Gasteiger partial charge on any atom is 0.416 e. The van der Waals surface area contributed by atoms with E-state index in [0.29, 0.717) is 5.69 Å². The average molecular weight is 305 g/mol. The minimum atomic E-state index is -4.39. The largest absolute Gasteiger partial charge is 0.416 e. The summed E-state index contributed by atoms with van der Waals surface area (Å²) in [7, 11) is 0. The Hall–Kier alpha value is -1.79. The van der Waals surface area contributed by atoms with Crippen molar-refractivity contribution in [1.82, 2.24) is 4.57 Å². The third-order valence-corrected chi connectivity index (χ3v) is 2.68. The van der Waals surface area contributed by atoms with Crippen molar-refractivity contribution in [2.45, 2.75) is 12.7 Å². The van der Waals surface area contributed by atoms with Gasteiger partial charge in [0.2, 0.25) is 0 Å². The van der Waals surface area contributed by atoms with Gasteiger partial charge in [0, 0.05) is 24.5 Å². The minimum absolute atomic E-state index is 0. The van der Waals surface area contributed by atoms with Crippen LogP contribution in [0.3, 0.4) is 0 Å². The van der Waals surface area contributed by atoms with Crippen LogP contribution in [-0.4, -0.2) is 4.57 Å². The van der Waals surface area contributed by atoms with Crippen LogP contribution in [0.2, 0.25) is 0 Å². The number of nitrogens with two attached hydrogens (primary N) is 1. The Kier molecular flexibility index (Phi) is 4.97. The first-order chi connectivity index (χ1) is 8.91. The highest BCUT2D eigenvalue weighted by Gasteiger charge is 2.29. The van der Waals surface area contributed by atoms with Gasteiger partial charge in [-0.05, 0) is 29.8 Å². The van der Waals surface area contributed by atoms with E-state index in [1.807, 2.05) is 0 Å². The van der Waals surface area contributed by atoms with E-state index in [9.17, 15) is 18.0 Å². The Morgan fingerprint density at radius 1 is 1.05 bits per heavy atom. The first-order valence-electron chi connectivity index (χ1n) is 5.51. The Morgan fingerprint density at radius 3 is 2.15 bits per heavy atom. The lowest BCUT2D eigenvalue weighted by Crippen LogP contribution is -2.18. The van der Waals surface area contributed by atoms with Gasteiger partial charge in [-0.15, -0.1) is 12.4 Å². The minimum Gasteiger partial charge on any atom is -0.326 e. The first kappa shape index (κ1) is 16.3. The Bertz CT molecular complexity index is 635. The van der Waals surface area contributed by atoms with Crippen molar-refractivity contribution < 1.29 is 13.2 Å². The molecule has 2 N–H and O–H groups in total. The summed E-state index contributed by atoms with van der Waals surface area (Å²) < 4.78 is 38.6. The van der Waals surface area contributed by atoms with Crippen molar-refractivity contribution in [3.63, 3.8) is 0 Å². The second-order valence-corrected chi connectivity index (χ2v) is 3.99. The average Bonchev–Trinajstić information content (AvgIpc) is 2.38. The standard InChI is InChI=1S/C13H11F3N2O.ClH/c14-13(15,16)10-2-4-11(5-3-10)18-8-9(7-17)1-6-12(18)19;/h1-6,8H,7,17H2;1H. The molecule has 1 aromatic heterocycles. The molecule has 20 heavy (non-hydrogen) atoms. The maximum absolute atomic E-state index is 12.4. The Morgan fingerprint density at radius 2 is 1.65 bits per heavy atom. The highest BCUT2D eigenvalue weighted by molar-refractivity contribution is 5.85. The quantitative estimate of drug-likeness (QED) is 0.927. The summed E-state index contributed by atoms with van der Waals surface area (Å²) in [6.45, 7) is 0.251. The Balaban J connectivity index is 0.00000200. The lowest BCUT2D eigenvalue weighted by atomic mass is 10.2. The molecule has 108 valence electrons. The fourth-order valence-corrected chi connectivity index (χ4v) is 1.66. The summed E-state index contributed by atoms with van der Waals surface area (Å²) in [6.07, 6.45) is -2.87. The van der Waals surface area contributed by atoms with Crippen LogP contribution in [-0.2, 0) is 12.7 Å². The topological polar surface area (TPSA) is 48.0 Å². The van der Waals surface area contributed by atoms with Crippen LogP contribution in [0, 0.1) is 0 Å². The molecule has 0 fully saturated rings. The summed E-state index contributed by atoms with van der Waals surface area (Å²) >= 11 is 0. The van der Waals surface area contributed by atoms with Crippen LogP contribution in [0.1, 0.15) is 11.1 Å². The van der Waals surface area contributed by atoms with E-state index in [-0.39, 0.29) is 24.5 Å². The van der Waals surface area contributed by atoms with Gasteiger partial charge in [0.25, 0.3) is 5.56 Å². The number of hydrogen-bond acceptors (Lipinski definition) is 2. The predicted octanol–water partition coefficient (Wildman–Crippen LogP) is 2.74. The van der Waals surface area contributed by atoms with Gasteiger partial charge in [0.1, 0.15) is 0 Å². The van der Waals surface area contributed by atoms with E-state index < -0.39 is 11.7 Å². The lowest BCUT2D eigenvalue weighted by molar-refractivity contribution is -0.137. The number of hydrogen-bond donors (Lipinski definition) is 1. The molecule has 1 aromatic carbocycles. The smallest absolute Gasteiger partial charge is 0.326 e. The van der Waals surface area contributed by atoms with Crippen molar-refractivity contribution in [2.75, 3.05) is 0 Å². The zero-order chi connectivity index (χ0) is 14.0. The van der Waals surface area contributed by atoms with Gasteiger partial charge in [-0.3, -0.25) is 9.36 Å². The molecule has 3 nitrogen and oxygen atoms in total. The van der Waals surface area contributed by atoms with Gasteiger partial charge >= 0.3 is 6.18 Å². The number of pyridine rings is 1. The molecule has 0 bridgehead atoms. The molecule has 2 aromatic rings. The summed E-state index contributed by atoms with van der Waals surface area (Å²) in [5, 5.41) is 0. The molecule has 2 rings (SSSR count). The van der Waals surface area contributed by atoms with Crippen molar-refractivity contribution in [3.05, 3.63) is 64.1 Å². The van der Waals surface area contributed by atoms with Gasteiger partial charge < -0.3 is 5.73 Å². The predicted molar refractivity (Wildman–Crippen MR) is 72.2 cm³/mol. The van der Waals surface area contributed by atoms with E-state index in [1.54, 1.807) is 6.07 Å². The normalized spacial score (nSPS) is 11.0. The second-order valence-electron chi connectivity index (χ2n) is 3.99. The van der Waals surface area contributed by atoms with Crippen molar-refractivity contribution in [2.24, 2.45) is 5.73 Å². The Labute approximate surface area is 119 Å². The van der Waals surface area contributed by atoms with Gasteiger partial charge in [-0.25, -0.2) is 0 Å². The highest BCUT2D eigenvalue weighted by Crippen LogP contribution is 2.29. The van der Waals surface area contributed by atoms with Gasteiger partial charge in [-0.2, -0.15) is 13.2 Å². The number of alkyl halides is 3. The molecule has 0 aliphatic heterocycles. The van der Waals surface area contributed by atoms with Crippen LogP contribution in [0.25, 0.3) is 5.69 Å². The van der Waals surface area contributed by atoms with E-state index >= 15 is 0 Å². The van der Waals surface area contributed by atoms with Gasteiger partial charge in [0.05, 0.1) is 5.56 Å². The second kappa shape index (κ2) is 6.11. The summed E-state index contributed by atoms with van der Waals surface area (Å²) in [5.41, 5.74) is 5.48. The van der Waals surface area contributed by atoms with Crippen LogP contribution >= 0.6 is 12.4 Å². The molecule has 1 heterocycles. The maximum atomic E-state index is 12.4. The van der Waals surface area contributed by atoms with Crippen molar-refractivity contribution in [1.29, 1.82) is 0 Å². The summed E-state index contributed by atoms with van der Waals surface area (Å²) in [4.78, 5) is 11.7. The van der Waals surface area contributed by atoms with E-state index in [1.165, 1.54) is 29.0 Å². The SMILES string of the molecule is Cl.NCc1ccc(=O)n(-c2ccc(C(F)(F)F)cc2)c1. The van der Waals surface area contributed by atoms with Crippen LogP contribution in [0.5, 0.6) is 0 Å². The molecule has 7 heteroatoms. The number of nitrogens with zero attached hydrogens (tertiary/aromatic N) is 1. The number of rotatable bonds is 2. The van der Waals surface area contributed by atoms with Gasteiger partial charge in [-0.1, -0.05) is 6.07 Å². The summed E-state index contributed by atoms with van der Waals surface area (Å²) in [6, 6.07) is 7.31. The third-order valence-electron chi connectivity index (χ3n) is 2.68. The molecule has 0 spiro atoms. The lowest BCUT2D eigenvalue weighted by Gasteiger charge is -2.10. The first-order valence-corrected chi connectivity index (χ1v) is 5.51. The van der Waals surface area contributed by atoms with E-state index in [4.69, 9.17) is 5.73 Å². The van der Waals surface area contributed by atoms with E-state index in [2.05, 4.69) is 0 Å². The third kappa shape index (κ3) is 3.40. The highest BCUT2D eigenvalue weighted by atomic mass is 35.5. The van der Waals surface area contributed by atoms with Crippen LogP contribution in [0.15, 0.2) is 47.4 Å². The van der Waals surface area contributed by atoms with Crippen LogP contribution in [0.4, 0.5) is 13.2 Å². The van der Waals surface area contributed by atoms with E-state index in [0.717, 1.165) is 17.7 Å².